The van der Waals surface area contributed by atoms with E-state index in [2.05, 4.69) is 6.92 Å². The summed E-state index contributed by atoms with van der Waals surface area (Å²) in [6.07, 6.45) is 10.2. The van der Waals surface area contributed by atoms with Crippen molar-refractivity contribution in [3.8, 4) is 0 Å². The second kappa shape index (κ2) is 10.4. The predicted octanol–water partition coefficient (Wildman–Crippen LogP) is 9.28. The van der Waals surface area contributed by atoms with Crippen molar-refractivity contribution in [2.45, 2.75) is 65.2 Å². The molecular weight excluding hydrogens is 407 g/mol. The molecular formula is C26H29F5. The minimum Gasteiger partial charge on any atom is -0.208 e. The molecule has 1 aliphatic carbocycles. The van der Waals surface area contributed by atoms with Crippen LogP contribution in [0, 0.1) is 29.3 Å². The van der Waals surface area contributed by atoms with Gasteiger partial charge in [0, 0.05) is 11.5 Å². The quantitative estimate of drug-likeness (QED) is 0.300. The summed E-state index contributed by atoms with van der Waals surface area (Å²) in [5.41, 5.74) is -0.690. The third-order valence-corrected chi connectivity index (χ3v) is 6.37. The number of rotatable bonds is 7. The van der Waals surface area contributed by atoms with Crippen LogP contribution < -0.4 is 0 Å². The molecule has 5 heteroatoms. The van der Waals surface area contributed by atoms with E-state index in [-0.39, 0.29) is 10.9 Å². The van der Waals surface area contributed by atoms with Crippen LogP contribution in [0.5, 0.6) is 0 Å². The fourth-order valence-corrected chi connectivity index (χ4v) is 4.56. The minimum atomic E-state index is -1.56. The lowest BCUT2D eigenvalue weighted by Gasteiger charge is -2.28. The molecule has 3 rings (SSSR count). The van der Waals surface area contributed by atoms with Crippen LogP contribution >= 0.6 is 0 Å². The van der Waals surface area contributed by atoms with Crippen molar-refractivity contribution in [2.75, 3.05) is 0 Å². The molecule has 0 nitrogen and oxygen atoms in total. The lowest BCUT2D eigenvalue weighted by Crippen LogP contribution is -2.15. The van der Waals surface area contributed by atoms with E-state index in [0.717, 1.165) is 38.2 Å². The first-order valence-electron chi connectivity index (χ1n) is 11.2. The molecule has 0 aromatic heterocycles. The van der Waals surface area contributed by atoms with Crippen molar-refractivity contribution < 1.29 is 22.0 Å². The van der Waals surface area contributed by atoms with Crippen LogP contribution in [-0.2, 0) is 0 Å². The highest BCUT2D eigenvalue weighted by Gasteiger charge is 2.29. The normalized spacial score (nSPS) is 20.5. The van der Waals surface area contributed by atoms with Gasteiger partial charge in [-0.25, -0.2) is 22.0 Å². The molecule has 31 heavy (non-hydrogen) atoms. The monoisotopic (exact) mass is 436 g/mol. The molecule has 1 saturated carbocycles. The Morgan fingerprint density at radius 1 is 0.968 bits per heavy atom. The van der Waals surface area contributed by atoms with E-state index in [9.17, 15) is 22.0 Å². The van der Waals surface area contributed by atoms with E-state index in [0.29, 0.717) is 18.8 Å². The molecule has 1 aliphatic rings. The molecule has 0 heterocycles. The third-order valence-electron chi connectivity index (χ3n) is 6.37. The van der Waals surface area contributed by atoms with E-state index in [1.807, 2.05) is 0 Å². The fourth-order valence-electron chi connectivity index (χ4n) is 4.56. The number of fused-ring (bicyclic) bond motifs is 1. The Balaban J connectivity index is 1.88. The van der Waals surface area contributed by atoms with Crippen LogP contribution in [0.4, 0.5) is 22.0 Å². The third kappa shape index (κ3) is 5.02. The summed E-state index contributed by atoms with van der Waals surface area (Å²) in [5, 5.41) is -0.570. The van der Waals surface area contributed by atoms with Crippen molar-refractivity contribution in [3.63, 3.8) is 0 Å². The lowest BCUT2D eigenvalue weighted by molar-refractivity contribution is 0.258. The molecule has 0 saturated heterocycles. The zero-order valence-corrected chi connectivity index (χ0v) is 18.1. The summed E-state index contributed by atoms with van der Waals surface area (Å²) in [4.78, 5) is 0. The Morgan fingerprint density at radius 3 is 2.32 bits per heavy atom. The van der Waals surface area contributed by atoms with Gasteiger partial charge in [-0.1, -0.05) is 56.9 Å². The lowest BCUT2D eigenvalue weighted by atomic mass is 9.79. The highest BCUT2D eigenvalue weighted by atomic mass is 19.2. The highest BCUT2D eigenvalue weighted by molar-refractivity contribution is 5.89. The van der Waals surface area contributed by atoms with Gasteiger partial charge in [0.05, 0.1) is 10.9 Å². The number of benzene rings is 2. The summed E-state index contributed by atoms with van der Waals surface area (Å²) >= 11 is 0. The van der Waals surface area contributed by atoms with Gasteiger partial charge < -0.3 is 0 Å². The average molecular weight is 437 g/mol. The van der Waals surface area contributed by atoms with E-state index in [1.54, 1.807) is 13.0 Å². The van der Waals surface area contributed by atoms with Crippen molar-refractivity contribution in [2.24, 2.45) is 11.8 Å². The van der Waals surface area contributed by atoms with Crippen molar-refractivity contribution in [3.05, 3.63) is 58.7 Å². The van der Waals surface area contributed by atoms with E-state index >= 15 is 0 Å². The second-order valence-electron chi connectivity index (χ2n) is 8.49. The Morgan fingerprint density at radius 2 is 1.68 bits per heavy atom. The predicted molar refractivity (Wildman–Crippen MR) is 117 cm³/mol. The van der Waals surface area contributed by atoms with Crippen LogP contribution in [0.3, 0.4) is 0 Å². The number of hydrogen-bond acceptors (Lipinski definition) is 0. The van der Waals surface area contributed by atoms with Gasteiger partial charge in [0.25, 0.3) is 0 Å². The van der Waals surface area contributed by atoms with Crippen LogP contribution in [-0.4, -0.2) is 0 Å². The minimum absolute atomic E-state index is 0.0118. The Labute approximate surface area is 180 Å². The summed E-state index contributed by atoms with van der Waals surface area (Å²) in [7, 11) is 0. The maximum absolute atomic E-state index is 14.9. The van der Waals surface area contributed by atoms with Crippen molar-refractivity contribution >= 4 is 22.7 Å². The molecule has 1 fully saturated rings. The van der Waals surface area contributed by atoms with Crippen LogP contribution in [0.25, 0.3) is 22.7 Å². The van der Waals surface area contributed by atoms with E-state index in [1.165, 1.54) is 24.6 Å². The molecule has 0 atom stereocenters. The smallest absolute Gasteiger partial charge is 0.170 e. The number of hydrogen-bond donors (Lipinski definition) is 0. The van der Waals surface area contributed by atoms with Gasteiger partial charge in [-0.3, -0.25) is 0 Å². The maximum atomic E-state index is 14.9. The van der Waals surface area contributed by atoms with E-state index in [4.69, 9.17) is 0 Å². The molecule has 0 unspecified atom stereocenters. The largest absolute Gasteiger partial charge is 0.208 e. The fraction of sp³-hybridized carbons (Fsp3) is 0.462. The molecule has 0 bridgehead atoms. The SMILES string of the molecule is C/C=C/c1ccc2cc(C(F)=C(F)C3CCC(CCCCC)CC3)c(F)c(F)c2c1F. The van der Waals surface area contributed by atoms with Crippen LogP contribution in [0.1, 0.15) is 76.3 Å². The van der Waals surface area contributed by atoms with Gasteiger partial charge in [-0.2, -0.15) is 0 Å². The van der Waals surface area contributed by atoms with Gasteiger partial charge in [-0.05, 0) is 50.0 Å². The summed E-state index contributed by atoms with van der Waals surface area (Å²) in [6, 6.07) is 3.77. The summed E-state index contributed by atoms with van der Waals surface area (Å²) in [6.45, 7) is 3.81. The number of unbranched alkanes of at least 4 members (excludes halogenated alkanes) is 2. The zero-order valence-electron chi connectivity index (χ0n) is 18.1. The molecule has 168 valence electrons. The van der Waals surface area contributed by atoms with E-state index < -0.39 is 46.0 Å². The first-order chi connectivity index (χ1) is 14.9. The van der Waals surface area contributed by atoms with Gasteiger partial charge in [-0.15, -0.1) is 0 Å². The highest BCUT2D eigenvalue weighted by Crippen LogP contribution is 2.41. The first kappa shape index (κ1) is 23.5. The van der Waals surface area contributed by atoms with Gasteiger partial charge in [0.1, 0.15) is 11.6 Å². The summed E-state index contributed by atoms with van der Waals surface area (Å²) < 4.78 is 73.7. The molecule has 0 N–H and O–H groups in total. The van der Waals surface area contributed by atoms with Gasteiger partial charge in [0.15, 0.2) is 17.5 Å². The van der Waals surface area contributed by atoms with Gasteiger partial charge in [0.2, 0.25) is 0 Å². The Hall–Kier alpha value is -2.17. The average Bonchev–Trinajstić information content (AvgIpc) is 2.77. The molecule has 2 aromatic carbocycles. The standard InChI is InChI=1S/C26H29F5/c1-3-5-6-8-16-9-11-18(12-10-16)23(28)24(29)20-15-19-14-13-17(7-4-2)22(27)21(19)26(31)25(20)30/h4,7,13-16,18H,3,5-6,8-12H2,1-2H3/b7-4+,24-23?. The van der Waals surface area contributed by atoms with Crippen molar-refractivity contribution in [1.29, 1.82) is 0 Å². The molecule has 0 aliphatic heterocycles. The summed E-state index contributed by atoms with van der Waals surface area (Å²) in [5.74, 6) is -6.52. The molecule has 0 radical (unpaired) electrons. The Kier molecular flexibility index (Phi) is 7.90. The van der Waals surface area contributed by atoms with Crippen molar-refractivity contribution in [1.82, 2.24) is 0 Å². The zero-order chi connectivity index (χ0) is 22.5. The first-order valence-corrected chi connectivity index (χ1v) is 11.2. The molecule has 2 aromatic rings. The topological polar surface area (TPSA) is 0 Å². The molecule has 0 spiro atoms. The van der Waals surface area contributed by atoms with Crippen LogP contribution in [0.2, 0.25) is 0 Å². The Bertz CT molecular complexity index is 981. The number of allylic oxidation sites excluding steroid dienone is 2. The number of halogens is 5. The maximum Gasteiger partial charge on any atom is 0.170 e. The van der Waals surface area contributed by atoms with Crippen LogP contribution in [0.15, 0.2) is 30.1 Å². The van der Waals surface area contributed by atoms with Gasteiger partial charge >= 0.3 is 0 Å². The second-order valence-corrected chi connectivity index (χ2v) is 8.49. The molecule has 0 amide bonds.